The highest BCUT2D eigenvalue weighted by atomic mass is 32.2. The highest BCUT2D eigenvalue weighted by molar-refractivity contribution is 7.92. The zero-order chi connectivity index (χ0) is 27.4. The molecule has 0 heterocycles. The Morgan fingerprint density at radius 2 is 1.61 bits per heavy atom. The van der Waals surface area contributed by atoms with Crippen LogP contribution in [0.25, 0.3) is 0 Å². The van der Waals surface area contributed by atoms with Gasteiger partial charge in [-0.05, 0) is 80.4 Å². The fourth-order valence-corrected chi connectivity index (χ4v) is 4.88. The second-order valence-electron chi connectivity index (χ2n) is 8.03. The predicted octanol–water partition coefficient (Wildman–Crippen LogP) is 4.62. The molecule has 0 aliphatic carbocycles. The van der Waals surface area contributed by atoms with Gasteiger partial charge < -0.3 is 14.2 Å². The Hall–Kier alpha value is -4.05. The van der Waals surface area contributed by atoms with Crippen molar-refractivity contribution in [2.75, 3.05) is 30.7 Å². The van der Waals surface area contributed by atoms with Crippen molar-refractivity contribution in [3.63, 3.8) is 0 Å². The van der Waals surface area contributed by atoms with E-state index in [1.54, 1.807) is 60.7 Å². The van der Waals surface area contributed by atoms with E-state index in [1.807, 2.05) is 20.8 Å². The van der Waals surface area contributed by atoms with Gasteiger partial charge in [0.25, 0.3) is 15.9 Å². The molecule has 0 saturated heterocycles. The molecule has 0 radical (unpaired) electrons. The van der Waals surface area contributed by atoms with Gasteiger partial charge in [0, 0.05) is 0 Å². The Kier molecular flexibility index (Phi) is 10.5. The van der Waals surface area contributed by atoms with Crippen molar-refractivity contribution in [2.24, 2.45) is 5.10 Å². The van der Waals surface area contributed by atoms with Crippen molar-refractivity contribution >= 4 is 27.8 Å². The number of rotatable bonds is 14. The zero-order valence-electron chi connectivity index (χ0n) is 21.8. The first-order valence-corrected chi connectivity index (χ1v) is 13.8. The van der Waals surface area contributed by atoms with Crippen LogP contribution in [0.5, 0.6) is 17.2 Å². The third-order valence-corrected chi connectivity index (χ3v) is 6.97. The second kappa shape index (κ2) is 14.0. The predicted molar refractivity (Wildman–Crippen MR) is 148 cm³/mol. The molecule has 3 aromatic carbocycles. The molecular formula is C28H33N3O6S. The largest absolute Gasteiger partial charge is 0.494 e. The number of ether oxygens (including phenoxy) is 3. The van der Waals surface area contributed by atoms with E-state index in [-0.39, 0.29) is 4.90 Å². The summed E-state index contributed by atoms with van der Waals surface area (Å²) >= 11 is 0. The molecule has 10 heteroatoms. The highest BCUT2D eigenvalue weighted by Gasteiger charge is 2.27. The van der Waals surface area contributed by atoms with Crippen LogP contribution in [-0.4, -0.2) is 46.9 Å². The number of nitrogens with one attached hydrogen (secondary N) is 1. The number of carbonyl (C=O) groups is 1. The van der Waals surface area contributed by atoms with Crippen LogP contribution in [0.3, 0.4) is 0 Å². The molecular weight excluding hydrogens is 506 g/mol. The Balaban J connectivity index is 1.76. The summed E-state index contributed by atoms with van der Waals surface area (Å²) in [6.07, 6.45) is 2.33. The Bertz CT molecular complexity index is 1310. The van der Waals surface area contributed by atoms with E-state index in [4.69, 9.17) is 14.2 Å². The summed E-state index contributed by atoms with van der Waals surface area (Å²) in [6.45, 7) is 6.78. The minimum atomic E-state index is -4.05. The first kappa shape index (κ1) is 28.5. The maximum absolute atomic E-state index is 13.5. The Labute approximate surface area is 224 Å². The third kappa shape index (κ3) is 7.72. The van der Waals surface area contributed by atoms with Crippen molar-refractivity contribution in [1.29, 1.82) is 0 Å². The molecule has 0 bridgehead atoms. The number of para-hydroxylation sites is 1. The van der Waals surface area contributed by atoms with Gasteiger partial charge >= 0.3 is 0 Å². The average Bonchev–Trinajstić information content (AvgIpc) is 2.92. The fourth-order valence-electron chi connectivity index (χ4n) is 3.46. The molecule has 0 atom stereocenters. The van der Waals surface area contributed by atoms with Gasteiger partial charge in [-0.3, -0.25) is 9.10 Å². The zero-order valence-corrected chi connectivity index (χ0v) is 22.6. The lowest BCUT2D eigenvalue weighted by atomic mass is 10.2. The van der Waals surface area contributed by atoms with E-state index in [1.165, 1.54) is 18.3 Å². The topological polar surface area (TPSA) is 107 Å². The lowest BCUT2D eigenvalue weighted by Gasteiger charge is -2.23. The van der Waals surface area contributed by atoms with Gasteiger partial charge in [0.2, 0.25) is 0 Å². The second-order valence-corrected chi connectivity index (χ2v) is 9.89. The lowest BCUT2D eigenvalue weighted by molar-refractivity contribution is -0.119. The molecule has 0 aromatic heterocycles. The summed E-state index contributed by atoms with van der Waals surface area (Å²) in [4.78, 5) is 12.8. The maximum Gasteiger partial charge on any atom is 0.264 e. The first-order valence-electron chi connectivity index (χ1n) is 12.4. The van der Waals surface area contributed by atoms with Crippen molar-refractivity contribution < 1.29 is 27.4 Å². The van der Waals surface area contributed by atoms with Gasteiger partial charge in [-0.2, -0.15) is 5.10 Å². The molecule has 0 saturated carbocycles. The minimum Gasteiger partial charge on any atom is -0.494 e. The number of hydrogen-bond acceptors (Lipinski definition) is 7. The van der Waals surface area contributed by atoms with Gasteiger partial charge in [0.05, 0.1) is 36.6 Å². The Morgan fingerprint density at radius 3 is 2.26 bits per heavy atom. The van der Waals surface area contributed by atoms with Gasteiger partial charge in [0.15, 0.2) is 11.5 Å². The smallest absolute Gasteiger partial charge is 0.264 e. The minimum absolute atomic E-state index is 0.0370. The molecule has 3 aromatic rings. The number of nitrogens with zero attached hydrogens (tertiary/aromatic N) is 2. The van der Waals surface area contributed by atoms with Crippen molar-refractivity contribution in [2.45, 2.75) is 32.1 Å². The number of benzene rings is 3. The number of hydrogen-bond donors (Lipinski definition) is 1. The quantitative estimate of drug-likeness (QED) is 0.237. The third-order valence-electron chi connectivity index (χ3n) is 5.19. The standard InChI is InChI=1S/C28H33N3O6S/c1-4-18-37-26-17-12-22(19-27(26)36-6-3)20-29-30-28(32)21-31(23-10-8-7-9-11-23)38(33,34)25-15-13-24(14-16-25)35-5-2/h7-17,19-20H,4-6,18,21H2,1-3H3,(H,30,32)/b29-20-. The fraction of sp³-hybridized carbons (Fsp3) is 0.286. The molecule has 202 valence electrons. The molecule has 0 spiro atoms. The summed E-state index contributed by atoms with van der Waals surface area (Å²) < 4.78 is 44.8. The molecule has 0 aliphatic rings. The van der Waals surface area contributed by atoms with Gasteiger partial charge in [-0.15, -0.1) is 0 Å². The van der Waals surface area contributed by atoms with Gasteiger partial charge in [0.1, 0.15) is 12.3 Å². The van der Waals surface area contributed by atoms with Crippen molar-refractivity contribution in [3.05, 3.63) is 78.4 Å². The van der Waals surface area contributed by atoms with Crippen molar-refractivity contribution in [3.8, 4) is 17.2 Å². The Morgan fingerprint density at radius 1 is 0.895 bits per heavy atom. The van der Waals surface area contributed by atoms with Crippen LogP contribution in [-0.2, 0) is 14.8 Å². The molecule has 1 N–H and O–H groups in total. The SMILES string of the molecule is CCCOc1ccc(/C=N\NC(=O)CN(c2ccccc2)S(=O)(=O)c2ccc(OCC)cc2)cc1OCC. The summed E-state index contributed by atoms with van der Waals surface area (Å²) in [5.41, 5.74) is 3.45. The van der Waals surface area contributed by atoms with Crippen LogP contribution in [0, 0.1) is 0 Å². The van der Waals surface area contributed by atoms with Crippen LogP contribution >= 0.6 is 0 Å². The molecule has 9 nitrogen and oxygen atoms in total. The highest BCUT2D eigenvalue weighted by Crippen LogP contribution is 2.28. The lowest BCUT2D eigenvalue weighted by Crippen LogP contribution is -2.39. The van der Waals surface area contributed by atoms with Gasteiger partial charge in [-0.25, -0.2) is 13.8 Å². The number of sulfonamides is 1. The molecule has 3 rings (SSSR count). The van der Waals surface area contributed by atoms with E-state index in [0.29, 0.717) is 48.3 Å². The van der Waals surface area contributed by atoms with E-state index in [0.717, 1.165) is 10.7 Å². The monoisotopic (exact) mass is 539 g/mol. The summed E-state index contributed by atoms with van der Waals surface area (Å²) in [7, 11) is -4.05. The number of anilines is 1. The van der Waals surface area contributed by atoms with E-state index in [2.05, 4.69) is 10.5 Å². The molecule has 38 heavy (non-hydrogen) atoms. The summed E-state index contributed by atoms with van der Waals surface area (Å²) in [5, 5.41) is 4.01. The normalized spacial score (nSPS) is 11.2. The van der Waals surface area contributed by atoms with Crippen LogP contribution < -0.4 is 23.9 Å². The number of carbonyl (C=O) groups excluding carboxylic acids is 1. The summed E-state index contributed by atoms with van der Waals surface area (Å²) in [6, 6.07) is 19.8. The van der Waals surface area contributed by atoms with Crippen LogP contribution in [0.2, 0.25) is 0 Å². The van der Waals surface area contributed by atoms with Crippen LogP contribution in [0.15, 0.2) is 82.8 Å². The van der Waals surface area contributed by atoms with E-state index < -0.39 is 22.5 Å². The number of amides is 1. The van der Waals surface area contributed by atoms with Gasteiger partial charge in [-0.1, -0.05) is 25.1 Å². The average molecular weight is 540 g/mol. The van der Waals surface area contributed by atoms with E-state index >= 15 is 0 Å². The molecule has 0 fully saturated rings. The first-order chi connectivity index (χ1) is 18.4. The van der Waals surface area contributed by atoms with Crippen molar-refractivity contribution in [1.82, 2.24) is 5.43 Å². The molecule has 0 aliphatic heterocycles. The molecule has 0 unspecified atom stereocenters. The number of hydrazone groups is 1. The maximum atomic E-state index is 13.5. The van der Waals surface area contributed by atoms with Crippen LogP contribution in [0.4, 0.5) is 5.69 Å². The summed E-state index contributed by atoms with van der Waals surface area (Å²) in [5.74, 6) is 1.16. The van der Waals surface area contributed by atoms with E-state index in [9.17, 15) is 13.2 Å². The van der Waals surface area contributed by atoms with Crippen LogP contribution in [0.1, 0.15) is 32.8 Å². The molecule has 1 amide bonds.